The number of amides is 1. The lowest BCUT2D eigenvalue weighted by atomic mass is 9.43. The van der Waals surface area contributed by atoms with E-state index < -0.39 is 7.12 Å². The molecule has 202 valence electrons. The van der Waals surface area contributed by atoms with Gasteiger partial charge in [-0.3, -0.25) is 4.79 Å². The molecule has 2 aliphatic heterocycles. The van der Waals surface area contributed by atoms with Gasteiger partial charge < -0.3 is 19.4 Å². The Bertz CT molecular complexity index is 1260. The topological polar surface area (TPSA) is 69.2 Å². The summed E-state index contributed by atoms with van der Waals surface area (Å²) in [6.45, 7) is 13.8. The third-order valence-corrected chi connectivity index (χ3v) is 10.4. The number of nitrogens with one attached hydrogen (secondary N) is 1. The van der Waals surface area contributed by atoms with Crippen LogP contribution in [0.1, 0.15) is 69.0 Å². The van der Waals surface area contributed by atoms with Crippen molar-refractivity contribution in [2.45, 2.75) is 90.4 Å². The van der Waals surface area contributed by atoms with Crippen LogP contribution in [0.3, 0.4) is 0 Å². The van der Waals surface area contributed by atoms with E-state index in [2.05, 4.69) is 65.1 Å². The summed E-state index contributed by atoms with van der Waals surface area (Å²) in [5.41, 5.74) is 3.05. The van der Waals surface area contributed by atoms with Gasteiger partial charge in [-0.1, -0.05) is 26.0 Å². The molecule has 5 atom stereocenters. The molecule has 1 saturated heterocycles. The second kappa shape index (κ2) is 9.21. The van der Waals surface area contributed by atoms with Crippen molar-refractivity contribution < 1.29 is 18.8 Å². The lowest BCUT2D eigenvalue weighted by Gasteiger charge is -2.64. The maximum absolute atomic E-state index is 13.2. The Kier molecular flexibility index (Phi) is 6.32. The van der Waals surface area contributed by atoms with E-state index in [1.54, 1.807) is 11.3 Å². The maximum atomic E-state index is 13.2. The maximum Gasteiger partial charge on any atom is 0.482 e. The van der Waals surface area contributed by atoms with Crippen LogP contribution in [-0.4, -0.2) is 48.7 Å². The molecule has 4 fully saturated rings. The first-order valence-corrected chi connectivity index (χ1v) is 14.8. The second-order valence-electron chi connectivity index (χ2n) is 13.1. The van der Waals surface area contributed by atoms with Crippen LogP contribution in [0.4, 0.5) is 0 Å². The molecule has 8 heteroatoms. The smallest absolute Gasteiger partial charge is 0.475 e. The molecular formula is C30H39BN2O4S. The predicted octanol–water partition coefficient (Wildman–Crippen LogP) is 5.15. The average Bonchev–Trinajstić information content (AvgIpc) is 3.57. The van der Waals surface area contributed by atoms with E-state index in [0.717, 1.165) is 28.0 Å². The van der Waals surface area contributed by atoms with E-state index in [0.29, 0.717) is 37.2 Å². The largest absolute Gasteiger partial charge is 0.482 e. The van der Waals surface area contributed by atoms with Crippen molar-refractivity contribution in [1.82, 2.24) is 5.32 Å². The minimum atomic E-state index is -0.477. The first kappa shape index (κ1) is 26.1. The highest BCUT2D eigenvalue weighted by Crippen LogP contribution is 2.65. The Hall–Kier alpha value is -2.16. The van der Waals surface area contributed by atoms with E-state index >= 15 is 0 Å². The predicted molar refractivity (Wildman–Crippen MR) is 152 cm³/mol. The zero-order valence-corrected chi connectivity index (χ0v) is 24.2. The van der Waals surface area contributed by atoms with Crippen LogP contribution < -0.4 is 5.32 Å². The molecule has 1 aromatic carbocycles. The highest BCUT2D eigenvalue weighted by Gasteiger charge is 2.68. The molecule has 0 spiro atoms. The number of carbonyl (C=O) groups excluding carboxylic acids is 1. The molecule has 1 amide bonds. The van der Waals surface area contributed by atoms with Gasteiger partial charge in [-0.25, -0.2) is 4.99 Å². The highest BCUT2D eigenvalue weighted by atomic mass is 32.1. The number of hydrogen-bond donors (Lipinski definition) is 1. The zero-order valence-electron chi connectivity index (χ0n) is 23.4. The number of thiophene rings is 1. The molecule has 2 aromatic rings. The molecule has 0 radical (unpaired) electrons. The number of hydrogen-bond acceptors (Lipinski definition) is 6. The number of carbonyl (C=O) groups is 1. The third kappa shape index (κ3) is 4.52. The van der Waals surface area contributed by atoms with E-state index in [1.165, 1.54) is 6.42 Å². The fourth-order valence-corrected chi connectivity index (χ4v) is 7.85. The molecule has 2 bridgehead atoms. The van der Waals surface area contributed by atoms with Gasteiger partial charge in [0.15, 0.2) is 0 Å². The van der Waals surface area contributed by atoms with Crippen molar-refractivity contribution in [2.75, 3.05) is 6.61 Å². The minimum Gasteiger partial charge on any atom is -0.475 e. The van der Waals surface area contributed by atoms with Crippen LogP contribution in [0.25, 0.3) is 0 Å². The Balaban J connectivity index is 1.23. The number of aryl methyl sites for hydroxylation is 1. The van der Waals surface area contributed by atoms with Gasteiger partial charge in [0.05, 0.1) is 29.6 Å². The van der Waals surface area contributed by atoms with E-state index in [-0.39, 0.29) is 34.5 Å². The number of aliphatic imine (C=N–C) groups is 1. The summed E-state index contributed by atoms with van der Waals surface area (Å²) in [4.78, 5) is 18.9. The molecule has 1 N–H and O–H groups in total. The summed E-state index contributed by atoms with van der Waals surface area (Å²) in [6.07, 6.45) is 3.30. The van der Waals surface area contributed by atoms with E-state index in [1.807, 2.05) is 17.5 Å². The van der Waals surface area contributed by atoms with E-state index in [4.69, 9.17) is 19.0 Å². The van der Waals surface area contributed by atoms with Crippen LogP contribution in [0, 0.1) is 24.2 Å². The molecule has 5 aliphatic rings. The minimum absolute atomic E-state index is 0.000445. The van der Waals surface area contributed by atoms with Gasteiger partial charge in [0.1, 0.15) is 6.61 Å². The standard InChI is InChI=1S/C30H39BN2O4S/c1-18-12-20(27-33-28(2,3)17-35-27)10-9-19(18)13-25(32-26(34)16-22-8-7-11-38-22)31-36-24-15-21-14-23(29(21,4)5)30(24,6)37-31/h7-12,21,23-25H,13-17H2,1-6H3,(H,32,34). The second-order valence-corrected chi connectivity index (χ2v) is 14.2. The normalized spacial score (nSPS) is 31.2. The molecule has 3 aliphatic carbocycles. The number of benzene rings is 1. The summed E-state index contributed by atoms with van der Waals surface area (Å²) in [5, 5.41) is 5.31. The molecule has 6 nitrogen and oxygen atoms in total. The van der Waals surface area contributed by atoms with Gasteiger partial charge in [0, 0.05) is 10.4 Å². The monoisotopic (exact) mass is 534 g/mol. The number of rotatable bonds is 7. The highest BCUT2D eigenvalue weighted by molar-refractivity contribution is 7.10. The molecule has 1 aromatic heterocycles. The van der Waals surface area contributed by atoms with Crippen molar-refractivity contribution in [1.29, 1.82) is 0 Å². The quantitative estimate of drug-likeness (QED) is 0.499. The summed E-state index contributed by atoms with van der Waals surface area (Å²) >= 11 is 1.61. The third-order valence-electron chi connectivity index (χ3n) is 9.55. The van der Waals surface area contributed by atoms with Crippen molar-refractivity contribution >= 4 is 30.3 Å². The molecule has 5 unspecified atom stereocenters. The van der Waals surface area contributed by atoms with Crippen LogP contribution in [0.2, 0.25) is 0 Å². The summed E-state index contributed by atoms with van der Waals surface area (Å²) in [5.74, 6) is 1.57. The van der Waals surface area contributed by atoms with Gasteiger partial charge >= 0.3 is 7.12 Å². The van der Waals surface area contributed by atoms with Crippen molar-refractivity contribution in [3.8, 4) is 0 Å². The number of nitrogens with zero attached hydrogens (tertiary/aromatic N) is 1. The van der Waals surface area contributed by atoms with Gasteiger partial charge in [-0.15, -0.1) is 11.3 Å². The van der Waals surface area contributed by atoms with Crippen molar-refractivity contribution in [2.24, 2.45) is 22.2 Å². The van der Waals surface area contributed by atoms with Crippen molar-refractivity contribution in [3.05, 3.63) is 57.3 Å². The molecule has 3 heterocycles. The van der Waals surface area contributed by atoms with E-state index in [9.17, 15) is 4.79 Å². The summed E-state index contributed by atoms with van der Waals surface area (Å²) in [7, 11) is -0.477. The van der Waals surface area contributed by atoms with Crippen molar-refractivity contribution in [3.63, 3.8) is 0 Å². The average molecular weight is 535 g/mol. The van der Waals surface area contributed by atoms with Gasteiger partial charge in [-0.05, 0) is 98.9 Å². The van der Waals surface area contributed by atoms with Crippen LogP contribution >= 0.6 is 11.3 Å². The fraction of sp³-hybridized carbons (Fsp3) is 0.600. The van der Waals surface area contributed by atoms with Gasteiger partial charge in [0.25, 0.3) is 0 Å². The summed E-state index contributed by atoms with van der Waals surface area (Å²) in [6, 6.07) is 10.3. The van der Waals surface area contributed by atoms with Gasteiger partial charge in [-0.2, -0.15) is 0 Å². The Morgan fingerprint density at radius 3 is 2.68 bits per heavy atom. The molecular weight excluding hydrogens is 495 g/mol. The Morgan fingerprint density at radius 1 is 1.21 bits per heavy atom. The zero-order chi connectivity index (χ0) is 26.9. The Labute approximate surface area is 230 Å². The fourth-order valence-electron chi connectivity index (χ4n) is 7.14. The van der Waals surface area contributed by atoms with Crippen LogP contribution in [0.15, 0.2) is 40.7 Å². The SMILES string of the molecule is Cc1cc(C2=NC(C)(C)CO2)ccc1CC(NC(=O)Cc1cccs1)B1OC2CC3CC(C3(C)C)C2(C)O1. The lowest BCUT2D eigenvalue weighted by Crippen LogP contribution is -2.65. The first-order chi connectivity index (χ1) is 17.9. The van der Waals surface area contributed by atoms with Crippen LogP contribution in [-0.2, 0) is 31.7 Å². The molecule has 3 saturated carbocycles. The lowest BCUT2D eigenvalue weighted by molar-refractivity contribution is -0.199. The Morgan fingerprint density at radius 2 is 2.03 bits per heavy atom. The molecule has 38 heavy (non-hydrogen) atoms. The van der Waals surface area contributed by atoms with Crippen LogP contribution in [0.5, 0.6) is 0 Å². The van der Waals surface area contributed by atoms with Gasteiger partial charge in [0.2, 0.25) is 11.8 Å². The first-order valence-electron chi connectivity index (χ1n) is 13.9. The summed E-state index contributed by atoms with van der Waals surface area (Å²) < 4.78 is 19.3. The molecule has 7 rings (SSSR count). The number of ether oxygens (including phenoxy) is 1.